The van der Waals surface area contributed by atoms with Gasteiger partial charge in [-0.25, -0.2) is 14.4 Å². The van der Waals surface area contributed by atoms with E-state index >= 15 is 0 Å². The van der Waals surface area contributed by atoms with Crippen molar-refractivity contribution in [3.63, 3.8) is 0 Å². The average Bonchev–Trinajstić information content (AvgIpc) is 2.57. The van der Waals surface area contributed by atoms with Crippen molar-refractivity contribution in [1.82, 2.24) is 9.97 Å². The van der Waals surface area contributed by atoms with Gasteiger partial charge in [0.05, 0.1) is 26.5 Å². The van der Waals surface area contributed by atoms with Gasteiger partial charge >= 0.3 is 5.69 Å². The molecule has 1 aromatic heterocycles. The molecule has 2 aromatic carbocycles. The summed E-state index contributed by atoms with van der Waals surface area (Å²) in [5, 5.41) is 10.9. The molecule has 0 saturated carbocycles. The lowest BCUT2D eigenvalue weighted by atomic mass is 10.1. The summed E-state index contributed by atoms with van der Waals surface area (Å²) in [7, 11) is 0. The smallest absolute Gasteiger partial charge is 0.274 e. The van der Waals surface area contributed by atoms with Crippen molar-refractivity contribution in [3.8, 4) is 0 Å². The molecule has 26 heavy (non-hydrogen) atoms. The van der Waals surface area contributed by atoms with E-state index in [1.807, 2.05) is 0 Å². The molecule has 3 aromatic rings. The number of nitro benzene ring substituents is 1. The fourth-order valence-corrected chi connectivity index (χ4v) is 2.62. The lowest BCUT2D eigenvalue weighted by Gasteiger charge is -2.21. The van der Waals surface area contributed by atoms with Crippen LogP contribution in [-0.2, 0) is 4.79 Å². The number of rotatable bonds is 3. The van der Waals surface area contributed by atoms with Gasteiger partial charge in [-0.1, -0.05) is 11.6 Å². The van der Waals surface area contributed by atoms with E-state index in [0.29, 0.717) is 0 Å². The van der Waals surface area contributed by atoms with Crippen LogP contribution in [0.4, 0.5) is 26.0 Å². The minimum absolute atomic E-state index is 0.0201. The van der Waals surface area contributed by atoms with Crippen molar-refractivity contribution in [2.24, 2.45) is 0 Å². The highest BCUT2D eigenvalue weighted by Crippen LogP contribution is 2.34. The highest BCUT2D eigenvalue weighted by Gasteiger charge is 2.23. The SMILES string of the molecule is CC(=O)N(c1ccc(F)c(Cl)c1)c1ncnc2cc(F)c([N+](=O)[O-])cc12. The van der Waals surface area contributed by atoms with Crippen LogP contribution in [0.25, 0.3) is 10.9 Å². The summed E-state index contributed by atoms with van der Waals surface area (Å²) in [6.45, 7) is 1.23. The van der Waals surface area contributed by atoms with Crippen LogP contribution in [0.1, 0.15) is 6.92 Å². The first-order valence-electron chi connectivity index (χ1n) is 7.14. The van der Waals surface area contributed by atoms with Gasteiger partial charge in [0.1, 0.15) is 12.1 Å². The summed E-state index contributed by atoms with van der Waals surface area (Å²) in [6.07, 6.45) is 1.09. The van der Waals surface area contributed by atoms with E-state index in [4.69, 9.17) is 11.6 Å². The van der Waals surface area contributed by atoms with Gasteiger partial charge in [-0.3, -0.25) is 19.8 Å². The number of nitro groups is 1. The number of hydrogen-bond acceptors (Lipinski definition) is 5. The van der Waals surface area contributed by atoms with Crippen molar-refractivity contribution in [3.05, 3.63) is 63.4 Å². The molecule has 1 heterocycles. The van der Waals surface area contributed by atoms with Gasteiger partial charge in [0, 0.05) is 19.1 Å². The van der Waals surface area contributed by atoms with Crippen LogP contribution in [-0.4, -0.2) is 20.8 Å². The molecule has 132 valence electrons. The third-order valence-corrected chi connectivity index (χ3v) is 3.86. The largest absolute Gasteiger partial charge is 0.305 e. The third-order valence-electron chi connectivity index (χ3n) is 3.57. The fraction of sp³-hybridized carbons (Fsp3) is 0.0625. The number of anilines is 2. The van der Waals surface area contributed by atoms with Crippen molar-refractivity contribution in [1.29, 1.82) is 0 Å². The number of nitrogens with zero attached hydrogens (tertiary/aromatic N) is 4. The number of halogens is 3. The first kappa shape index (κ1) is 17.6. The van der Waals surface area contributed by atoms with Gasteiger partial charge in [0.15, 0.2) is 5.82 Å². The molecule has 0 unspecified atom stereocenters. The monoisotopic (exact) mass is 378 g/mol. The van der Waals surface area contributed by atoms with Gasteiger partial charge in [-0.05, 0) is 18.2 Å². The summed E-state index contributed by atoms with van der Waals surface area (Å²) < 4.78 is 27.3. The molecule has 7 nitrogen and oxygen atoms in total. The number of hydrogen-bond donors (Lipinski definition) is 0. The zero-order valence-corrected chi connectivity index (χ0v) is 13.9. The molecule has 0 spiro atoms. The molecule has 1 amide bonds. The number of fused-ring (bicyclic) bond motifs is 1. The quantitative estimate of drug-likeness (QED) is 0.504. The topological polar surface area (TPSA) is 89.2 Å². The molecule has 0 N–H and O–H groups in total. The summed E-state index contributed by atoms with van der Waals surface area (Å²) in [5.74, 6) is -2.27. The highest BCUT2D eigenvalue weighted by molar-refractivity contribution is 6.31. The zero-order chi connectivity index (χ0) is 19.0. The normalized spacial score (nSPS) is 10.8. The summed E-state index contributed by atoms with van der Waals surface area (Å²) in [6, 6.07) is 5.41. The Bertz CT molecular complexity index is 1060. The summed E-state index contributed by atoms with van der Waals surface area (Å²) >= 11 is 5.77. The van der Waals surface area contributed by atoms with Crippen molar-refractivity contribution in [2.45, 2.75) is 6.92 Å². The Balaban J connectivity index is 2.29. The molecule has 3 rings (SSSR count). The maximum atomic E-state index is 13.8. The Kier molecular flexibility index (Phi) is 4.47. The van der Waals surface area contributed by atoms with E-state index < -0.39 is 28.2 Å². The molecule has 0 aliphatic rings. The Morgan fingerprint density at radius 1 is 1.19 bits per heavy atom. The number of benzene rings is 2. The number of carbonyl (C=O) groups is 1. The van der Waals surface area contributed by atoms with E-state index in [9.17, 15) is 23.7 Å². The highest BCUT2D eigenvalue weighted by atomic mass is 35.5. The number of aromatic nitrogens is 2. The zero-order valence-electron chi connectivity index (χ0n) is 13.1. The first-order chi connectivity index (χ1) is 12.3. The lowest BCUT2D eigenvalue weighted by Crippen LogP contribution is -2.24. The van der Waals surface area contributed by atoms with Gasteiger partial charge in [-0.15, -0.1) is 0 Å². The average molecular weight is 379 g/mol. The maximum Gasteiger partial charge on any atom is 0.305 e. The first-order valence-corrected chi connectivity index (χ1v) is 7.51. The Morgan fingerprint density at radius 2 is 1.92 bits per heavy atom. The molecule has 0 bridgehead atoms. The standard InChI is InChI=1S/C16H9ClF2N4O3/c1-8(24)22(9-2-3-12(18)11(17)4-9)16-10-5-15(23(25)26)13(19)6-14(10)20-7-21-16/h2-7H,1H3. The summed E-state index contributed by atoms with van der Waals surface area (Å²) in [5.41, 5.74) is -0.525. The minimum Gasteiger partial charge on any atom is -0.274 e. The van der Waals surface area contributed by atoms with E-state index in [-0.39, 0.29) is 27.4 Å². The van der Waals surface area contributed by atoms with Gasteiger partial charge in [0.2, 0.25) is 11.7 Å². The van der Waals surface area contributed by atoms with Crippen LogP contribution >= 0.6 is 11.6 Å². The van der Waals surface area contributed by atoms with Crippen molar-refractivity contribution >= 4 is 45.6 Å². The molecule has 0 saturated heterocycles. The second-order valence-corrected chi connectivity index (χ2v) is 5.64. The predicted octanol–water partition coefficient (Wildman–Crippen LogP) is 4.15. The molecule has 10 heteroatoms. The molecule has 0 aliphatic heterocycles. The molecular weight excluding hydrogens is 370 g/mol. The number of amides is 1. The van der Waals surface area contributed by atoms with E-state index in [1.54, 1.807) is 0 Å². The van der Waals surface area contributed by atoms with E-state index in [1.165, 1.54) is 19.1 Å². The fourth-order valence-electron chi connectivity index (χ4n) is 2.45. The van der Waals surface area contributed by atoms with Crippen LogP contribution in [0, 0.1) is 21.7 Å². The van der Waals surface area contributed by atoms with Gasteiger partial charge in [0.25, 0.3) is 0 Å². The van der Waals surface area contributed by atoms with Crippen LogP contribution in [0.2, 0.25) is 5.02 Å². The van der Waals surface area contributed by atoms with Gasteiger partial charge < -0.3 is 0 Å². The molecule has 0 aliphatic carbocycles. The minimum atomic E-state index is -1.06. The molecular formula is C16H9ClF2N4O3. The Hall–Kier alpha value is -3.20. The Morgan fingerprint density at radius 3 is 2.54 bits per heavy atom. The van der Waals surface area contributed by atoms with Crippen molar-refractivity contribution < 1.29 is 18.5 Å². The van der Waals surface area contributed by atoms with Crippen LogP contribution in [0.15, 0.2) is 36.7 Å². The molecule has 0 fully saturated rings. The lowest BCUT2D eigenvalue weighted by molar-refractivity contribution is -0.387. The van der Waals surface area contributed by atoms with E-state index in [0.717, 1.165) is 29.4 Å². The third kappa shape index (κ3) is 3.04. The van der Waals surface area contributed by atoms with E-state index in [2.05, 4.69) is 9.97 Å². The van der Waals surface area contributed by atoms with Crippen molar-refractivity contribution in [2.75, 3.05) is 4.90 Å². The molecule has 0 atom stereocenters. The van der Waals surface area contributed by atoms with Gasteiger partial charge in [-0.2, -0.15) is 4.39 Å². The Labute approximate surface area is 150 Å². The van der Waals surface area contributed by atoms with Crippen LogP contribution in [0.3, 0.4) is 0 Å². The summed E-state index contributed by atoms with van der Waals surface area (Å²) in [4.78, 5) is 31.3. The molecule has 0 radical (unpaired) electrons. The van der Waals surface area contributed by atoms with Crippen LogP contribution < -0.4 is 4.90 Å². The number of carbonyl (C=O) groups excluding carboxylic acids is 1. The van der Waals surface area contributed by atoms with Crippen LogP contribution in [0.5, 0.6) is 0 Å². The maximum absolute atomic E-state index is 13.8. The second-order valence-electron chi connectivity index (χ2n) is 5.23. The second kappa shape index (κ2) is 6.60. The predicted molar refractivity (Wildman–Crippen MR) is 90.4 cm³/mol.